The summed E-state index contributed by atoms with van der Waals surface area (Å²) >= 11 is 1.89. The van der Waals surface area contributed by atoms with E-state index in [0.29, 0.717) is 0 Å². The van der Waals surface area contributed by atoms with Crippen LogP contribution in [0.4, 0.5) is 0 Å². The number of fused-ring (bicyclic) bond motifs is 8. The van der Waals surface area contributed by atoms with Crippen molar-refractivity contribution in [3.63, 3.8) is 0 Å². The summed E-state index contributed by atoms with van der Waals surface area (Å²) in [6.07, 6.45) is 0. The molecule has 0 N–H and O–H groups in total. The Morgan fingerprint density at radius 3 is 1.70 bits per heavy atom. The molecule has 0 aliphatic carbocycles. The van der Waals surface area contributed by atoms with Crippen LogP contribution >= 0.6 is 11.3 Å². The standard InChI is InChI=1S/C44H28N2S/c1-3-12-32(13-4-1)45-38-19-9-7-16-35(38)42-34(18-11-21-40(42)45)30-24-22-29(23-25-30)31-26-27-41-37(28-31)43-44(47-41)36-17-8-10-20-39(36)46(43)33-14-5-2-6-15-33/h1-28H. The van der Waals surface area contributed by atoms with Gasteiger partial charge < -0.3 is 9.13 Å². The second-order valence-corrected chi connectivity index (χ2v) is 13.2. The van der Waals surface area contributed by atoms with Crippen LogP contribution in [0.5, 0.6) is 0 Å². The molecule has 0 saturated carbocycles. The maximum atomic E-state index is 2.43. The minimum Gasteiger partial charge on any atom is -0.309 e. The summed E-state index contributed by atoms with van der Waals surface area (Å²) in [6.45, 7) is 0. The lowest BCUT2D eigenvalue weighted by molar-refractivity contribution is 1.18. The van der Waals surface area contributed by atoms with E-state index in [1.807, 2.05) is 11.3 Å². The van der Waals surface area contributed by atoms with Gasteiger partial charge in [0.05, 0.1) is 26.8 Å². The molecule has 0 amide bonds. The molecule has 0 aliphatic rings. The van der Waals surface area contributed by atoms with E-state index in [1.165, 1.54) is 86.6 Å². The fourth-order valence-corrected chi connectivity index (χ4v) is 8.65. The molecule has 3 heterocycles. The predicted molar refractivity (Wildman–Crippen MR) is 201 cm³/mol. The Morgan fingerprint density at radius 1 is 0.383 bits per heavy atom. The first-order valence-electron chi connectivity index (χ1n) is 16.0. The molecule has 220 valence electrons. The van der Waals surface area contributed by atoms with Crippen LogP contribution in [0.2, 0.25) is 0 Å². The molecule has 3 heteroatoms. The molecule has 0 aliphatic heterocycles. The number of para-hydroxylation sites is 4. The van der Waals surface area contributed by atoms with E-state index in [-0.39, 0.29) is 0 Å². The van der Waals surface area contributed by atoms with Crippen molar-refractivity contribution in [1.29, 1.82) is 0 Å². The molecule has 47 heavy (non-hydrogen) atoms. The van der Waals surface area contributed by atoms with Gasteiger partial charge in [-0.15, -0.1) is 11.3 Å². The maximum absolute atomic E-state index is 2.43. The average molecular weight is 617 g/mol. The minimum atomic E-state index is 1.18. The molecule has 7 aromatic carbocycles. The second-order valence-electron chi connectivity index (χ2n) is 12.1. The fraction of sp³-hybridized carbons (Fsp3) is 0. The molecule has 0 spiro atoms. The number of nitrogens with zero attached hydrogens (tertiary/aromatic N) is 2. The molecule has 0 atom stereocenters. The smallest absolute Gasteiger partial charge is 0.0727 e. The van der Waals surface area contributed by atoms with E-state index in [4.69, 9.17) is 0 Å². The Bertz CT molecular complexity index is 2760. The van der Waals surface area contributed by atoms with Crippen molar-refractivity contribution in [3.05, 3.63) is 170 Å². The minimum absolute atomic E-state index is 1.18. The lowest BCUT2D eigenvalue weighted by atomic mass is 9.96. The lowest BCUT2D eigenvalue weighted by Crippen LogP contribution is -1.93. The maximum Gasteiger partial charge on any atom is 0.0727 e. The third-order valence-corrected chi connectivity index (χ3v) is 10.7. The Hall–Kier alpha value is -5.90. The summed E-state index contributed by atoms with van der Waals surface area (Å²) < 4.78 is 7.47. The first-order valence-corrected chi connectivity index (χ1v) is 16.8. The monoisotopic (exact) mass is 616 g/mol. The molecule has 0 unspecified atom stereocenters. The van der Waals surface area contributed by atoms with Crippen LogP contribution in [-0.2, 0) is 0 Å². The Kier molecular flexibility index (Phi) is 5.78. The number of aromatic nitrogens is 2. The Morgan fingerprint density at radius 2 is 0.957 bits per heavy atom. The van der Waals surface area contributed by atoms with Crippen LogP contribution in [-0.4, -0.2) is 9.13 Å². The van der Waals surface area contributed by atoms with Gasteiger partial charge in [0.15, 0.2) is 0 Å². The summed E-state index contributed by atoms with van der Waals surface area (Å²) in [5.41, 5.74) is 12.3. The van der Waals surface area contributed by atoms with Gasteiger partial charge in [-0.2, -0.15) is 0 Å². The van der Waals surface area contributed by atoms with E-state index < -0.39 is 0 Å². The van der Waals surface area contributed by atoms with Crippen molar-refractivity contribution in [1.82, 2.24) is 9.13 Å². The quantitative estimate of drug-likeness (QED) is 0.186. The molecule has 0 radical (unpaired) electrons. The molecule has 10 aromatic rings. The van der Waals surface area contributed by atoms with E-state index in [2.05, 4.69) is 179 Å². The van der Waals surface area contributed by atoms with Crippen molar-refractivity contribution in [2.24, 2.45) is 0 Å². The van der Waals surface area contributed by atoms with Crippen molar-refractivity contribution in [2.75, 3.05) is 0 Å². The van der Waals surface area contributed by atoms with Crippen molar-refractivity contribution >= 4 is 64.3 Å². The molecular formula is C44H28N2S. The molecule has 2 nitrogen and oxygen atoms in total. The second kappa shape index (κ2) is 10.3. The highest BCUT2D eigenvalue weighted by atomic mass is 32.1. The lowest BCUT2D eigenvalue weighted by Gasteiger charge is -2.10. The number of rotatable bonds is 4. The van der Waals surface area contributed by atoms with Crippen LogP contribution in [0.1, 0.15) is 0 Å². The average Bonchev–Trinajstić information content (AvgIpc) is 3.79. The first-order chi connectivity index (χ1) is 23.3. The number of hydrogen-bond acceptors (Lipinski definition) is 1. The van der Waals surface area contributed by atoms with E-state index in [1.54, 1.807) is 0 Å². The number of hydrogen-bond donors (Lipinski definition) is 0. The molecule has 3 aromatic heterocycles. The first kappa shape index (κ1) is 26.3. The summed E-state index contributed by atoms with van der Waals surface area (Å²) in [5.74, 6) is 0. The normalized spacial score (nSPS) is 11.8. The fourth-order valence-electron chi connectivity index (χ4n) is 7.45. The predicted octanol–water partition coefficient (Wildman–Crippen LogP) is 12.4. The number of benzene rings is 7. The van der Waals surface area contributed by atoms with Gasteiger partial charge in [-0.05, 0) is 76.9 Å². The van der Waals surface area contributed by atoms with Crippen LogP contribution in [0, 0.1) is 0 Å². The van der Waals surface area contributed by atoms with Crippen LogP contribution in [0.25, 0.3) is 86.6 Å². The Labute approximate surface area is 276 Å². The van der Waals surface area contributed by atoms with Gasteiger partial charge in [0.25, 0.3) is 0 Å². The van der Waals surface area contributed by atoms with Gasteiger partial charge >= 0.3 is 0 Å². The zero-order chi connectivity index (χ0) is 30.9. The van der Waals surface area contributed by atoms with Gasteiger partial charge in [-0.25, -0.2) is 0 Å². The topological polar surface area (TPSA) is 9.86 Å². The van der Waals surface area contributed by atoms with Gasteiger partial charge in [-0.1, -0.05) is 115 Å². The zero-order valence-corrected chi connectivity index (χ0v) is 26.3. The summed E-state index contributed by atoms with van der Waals surface area (Å²) in [6, 6.07) is 61.7. The SMILES string of the molecule is c1ccc(-n2c3ccccc3c3c(-c4ccc(-c5ccc6sc7c8ccccc8n(-c8ccccc8)c7c6c5)cc4)cccc32)cc1. The van der Waals surface area contributed by atoms with Gasteiger partial charge in [0.1, 0.15) is 0 Å². The zero-order valence-electron chi connectivity index (χ0n) is 25.5. The molecule has 0 bridgehead atoms. The van der Waals surface area contributed by atoms with Crippen molar-refractivity contribution in [3.8, 4) is 33.6 Å². The highest BCUT2D eigenvalue weighted by Crippen LogP contribution is 2.44. The molecular weight excluding hydrogens is 589 g/mol. The van der Waals surface area contributed by atoms with Crippen molar-refractivity contribution < 1.29 is 0 Å². The third-order valence-electron chi connectivity index (χ3n) is 9.53. The highest BCUT2D eigenvalue weighted by molar-refractivity contribution is 7.26. The molecule has 10 rings (SSSR count). The van der Waals surface area contributed by atoms with Gasteiger partial charge in [0, 0.05) is 37.6 Å². The van der Waals surface area contributed by atoms with Gasteiger partial charge in [0.2, 0.25) is 0 Å². The summed E-state index contributed by atoms with van der Waals surface area (Å²) in [4.78, 5) is 0. The van der Waals surface area contributed by atoms with E-state index >= 15 is 0 Å². The Balaban J connectivity index is 1.12. The van der Waals surface area contributed by atoms with E-state index in [0.717, 1.165) is 0 Å². The summed E-state index contributed by atoms with van der Waals surface area (Å²) in [7, 11) is 0. The molecule has 0 fully saturated rings. The van der Waals surface area contributed by atoms with Crippen molar-refractivity contribution in [2.45, 2.75) is 0 Å². The third kappa shape index (κ3) is 3.97. The van der Waals surface area contributed by atoms with Gasteiger partial charge in [-0.3, -0.25) is 0 Å². The molecule has 0 saturated heterocycles. The summed E-state index contributed by atoms with van der Waals surface area (Å²) in [5, 5.41) is 5.16. The number of thiophene rings is 1. The van der Waals surface area contributed by atoms with E-state index in [9.17, 15) is 0 Å². The highest BCUT2D eigenvalue weighted by Gasteiger charge is 2.19. The largest absolute Gasteiger partial charge is 0.309 e. The van der Waals surface area contributed by atoms with Crippen LogP contribution in [0.3, 0.4) is 0 Å². The van der Waals surface area contributed by atoms with Crippen LogP contribution < -0.4 is 0 Å². The van der Waals surface area contributed by atoms with Crippen LogP contribution in [0.15, 0.2) is 170 Å².